The van der Waals surface area contributed by atoms with Crippen molar-refractivity contribution in [3.05, 3.63) is 52.8 Å². The number of carbonyl (C=O) groups excluding carboxylic acids is 1. The van der Waals surface area contributed by atoms with E-state index in [9.17, 15) is 4.79 Å². The molecule has 0 aliphatic rings. The number of aryl methyl sites for hydroxylation is 1. The Hall–Kier alpha value is -1.98. The van der Waals surface area contributed by atoms with Crippen LogP contribution in [0.15, 0.2) is 36.7 Å². The first-order valence-corrected chi connectivity index (χ1v) is 7.11. The number of anilines is 1. The van der Waals surface area contributed by atoms with Crippen molar-refractivity contribution in [1.29, 1.82) is 0 Å². The smallest absolute Gasteiger partial charge is 0.259 e. The minimum atomic E-state index is -0.231. The van der Waals surface area contributed by atoms with Gasteiger partial charge in [0.25, 0.3) is 5.91 Å². The van der Waals surface area contributed by atoms with Gasteiger partial charge in [-0.05, 0) is 30.7 Å². The van der Waals surface area contributed by atoms with E-state index in [4.69, 9.17) is 11.6 Å². The van der Waals surface area contributed by atoms with Gasteiger partial charge in [-0.15, -0.1) is 0 Å². The van der Waals surface area contributed by atoms with Gasteiger partial charge < -0.3 is 0 Å². The number of rotatable bonds is 2. The lowest BCUT2D eigenvalue weighted by molar-refractivity contribution is 0.102. The Morgan fingerprint density at radius 1 is 1.35 bits per heavy atom. The van der Waals surface area contributed by atoms with Crippen molar-refractivity contribution in [3.8, 4) is 0 Å². The lowest BCUT2D eigenvalue weighted by Crippen LogP contribution is -2.11. The molecule has 0 radical (unpaired) electrons. The van der Waals surface area contributed by atoms with Crippen LogP contribution in [0.5, 0.6) is 0 Å². The monoisotopic (exact) mass is 303 g/mol. The molecule has 2 heterocycles. The van der Waals surface area contributed by atoms with Crippen LogP contribution in [0.3, 0.4) is 0 Å². The van der Waals surface area contributed by atoms with Crippen LogP contribution >= 0.6 is 22.9 Å². The van der Waals surface area contributed by atoms with Crippen LogP contribution in [0.2, 0.25) is 5.02 Å². The first-order chi connectivity index (χ1) is 9.65. The molecule has 0 atom stereocenters. The first kappa shape index (κ1) is 13.0. The molecular weight excluding hydrogens is 294 g/mol. The van der Waals surface area contributed by atoms with Crippen molar-refractivity contribution < 1.29 is 4.79 Å². The van der Waals surface area contributed by atoms with Crippen molar-refractivity contribution >= 4 is 44.2 Å². The number of amides is 1. The largest absolute Gasteiger partial charge is 0.298 e. The molecule has 0 spiro atoms. The van der Waals surface area contributed by atoms with Gasteiger partial charge in [-0.3, -0.25) is 15.1 Å². The number of carbonyl (C=O) groups is 1. The third-order valence-corrected chi connectivity index (χ3v) is 4.27. The molecule has 0 fully saturated rings. The molecule has 0 bridgehead atoms. The fourth-order valence-electron chi connectivity index (χ4n) is 1.82. The molecule has 0 saturated heterocycles. The molecule has 20 heavy (non-hydrogen) atoms. The van der Waals surface area contributed by atoms with Crippen LogP contribution in [-0.2, 0) is 0 Å². The minimum absolute atomic E-state index is 0.231. The van der Waals surface area contributed by atoms with E-state index in [1.807, 2.05) is 19.1 Å². The molecule has 3 aromatic rings. The van der Waals surface area contributed by atoms with Crippen molar-refractivity contribution in [2.75, 3.05) is 5.32 Å². The first-order valence-electron chi connectivity index (χ1n) is 5.92. The van der Waals surface area contributed by atoms with Gasteiger partial charge in [-0.2, -0.15) is 0 Å². The maximum atomic E-state index is 12.0. The van der Waals surface area contributed by atoms with Gasteiger partial charge in [-0.25, -0.2) is 4.98 Å². The summed E-state index contributed by atoms with van der Waals surface area (Å²) in [6.45, 7) is 1.96. The average Bonchev–Trinajstić information content (AvgIpc) is 2.89. The number of hydrogen-bond donors (Lipinski definition) is 1. The van der Waals surface area contributed by atoms with Crippen LogP contribution in [0, 0.1) is 6.92 Å². The molecule has 0 aliphatic carbocycles. The van der Waals surface area contributed by atoms with E-state index in [0.717, 1.165) is 15.8 Å². The Morgan fingerprint density at radius 2 is 2.20 bits per heavy atom. The number of thiazole rings is 1. The van der Waals surface area contributed by atoms with Crippen molar-refractivity contribution in [1.82, 2.24) is 9.97 Å². The van der Waals surface area contributed by atoms with Crippen LogP contribution in [0.4, 0.5) is 5.13 Å². The quantitative estimate of drug-likeness (QED) is 0.781. The Bertz CT molecular complexity index is 747. The van der Waals surface area contributed by atoms with Crippen molar-refractivity contribution in [3.63, 3.8) is 0 Å². The molecular formula is C14H10ClN3OS. The SMILES string of the molecule is Cc1ccc(Cl)c2sc(NC(=O)c3cccnc3)nc12. The summed E-state index contributed by atoms with van der Waals surface area (Å²) >= 11 is 7.51. The Balaban J connectivity index is 1.94. The van der Waals surface area contributed by atoms with Crippen LogP contribution < -0.4 is 5.32 Å². The second-order valence-corrected chi connectivity index (χ2v) is 5.66. The molecule has 6 heteroatoms. The highest BCUT2D eigenvalue weighted by Crippen LogP contribution is 2.33. The van der Waals surface area contributed by atoms with Crippen LogP contribution in [0.25, 0.3) is 10.2 Å². The second kappa shape index (κ2) is 5.19. The maximum absolute atomic E-state index is 12.0. The number of aromatic nitrogens is 2. The molecule has 0 saturated carbocycles. The summed E-state index contributed by atoms with van der Waals surface area (Å²) in [4.78, 5) is 20.4. The predicted octanol–water partition coefficient (Wildman–Crippen LogP) is 3.91. The normalized spacial score (nSPS) is 10.7. The number of pyridine rings is 1. The zero-order chi connectivity index (χ0) is 14.1. The number of halogens is 1. The highest BCUT2D eigenvalue weighted by Gasteiger charge is 2.12. The van der Waals surface area contributed by atoms with E-state index in [1.165, 1.54) is 17.5 Å². The molecule has 0 aliphatic heterocycles. The van der Waals surface area contributed by atoms with E-state index >= 15 is 0 Å². The molecule has 4 nitrogen and oxygen atoms in total. The van der Waals surface area contributed by atoms with Gasteiger partial charge in [0.05, 0.1) is 20.8 Å². The lowest BCUT2D eigenvalue weighted by Gasteiger charge is -1.99. The number of hydrogen-bond acceptors (Lipinski definition) is 4. The molecule has 3 rings (SSSR count). The zero-order valence-corrected chi connectivity index (χ0v) is 12.1. The predicted molar refractivity (Wildman–Crippen MR) is 81.6 cm³/mol. The molecule has 0 unspecified atom stereocenters. The van der Waals surface area contributed by atoms with Gasteiger partial charge in [0.1, 0.15) is 0 Å². The minimum Gasteiger partial charge on any atom is -0.298 e. The standard InChI is InChI=1S/C14H10ClN3OS/c1-8-4-5-10(15)12-11(8)17-14(20-12)18-13(19)9-3-2-6-16-7-9/h2-7H,1H3,(H,17,18,19). The summed E-state index contributed by atoms with van der Waals surface area (Å²) in [7, 11) is 0. The van der Waals surface area contributed by atoms with E-state index in [-0.39, 0.29) is 5.91 Å². The van der Waals surface area contributed by atoms with E-state index in [2.05, 4.69) is 15.3 Å². The lowest BCUT2D eigenvalue weighted by atomic mass is 10.2. The number of fused-ring (bicyclic) bond motifs is 1. The van der Waals surface area contributed by atoms with Gasteiger partial charge in [-0.1, -0.05) is 29.0 Å². The Kier molecular flexibility index (Phi) is 3.38. The topological polar surface area (TPSA) is 54.9 Å². The van der Waals surface area contributed by atoms with E-state index in [0.29, 0.717) is 15.7 Å². The summed E-state index contributed by atoms with van der Waals surface area (Å²) in [5.41, 5.74) is 2.35. The van der Waals surface area contributed by atoms with Crippen molar-refractivity contribution in [2.45, 2.75) is 6.92 Å². The Morgan fingerprint density at radius 3 is 2.90 bits per heavy atom. The molecule has 100 valence electrons. The maximum Gasteiger partial charge on any atom is 0.259 e. The summed E-state index contributed by atoms with van der Waals surface area (Å²) in [6, 6.07) is 7.17. The van der Waals surface area contributed by atoms with Gasteiger partial charge in [0.15, 0.2) is 5.13 Å². The number of nitrogens with one attached hydrogen (secondary N) is 1. The van der Waals surface area contributed by atoms with Gasteiger partial charge >= 0.3 is 0 Å². The van der Waals surface area contributed by atoms with E-state index in [1.54, 1.807) is 18.3 Å². The average molecular weight is 304 g/mol. The summed E-state index contributed by atoms with van der Waals surface area (Å²) in [5.74, 6) is -0.231. The number of benzene rings is 1. The fraction of sp³-hybridized carbons (Fsp3) is 0.0714. The third kappa shape index (κ3) is 2.37. The third-order valence-electron chi connectivity index (χ3n) is 2.84. The zero-order valence-electron chi connectivity index (χ0n) is 10.6. The summed E-state index contributed by atoms with van der Waals surface area (Å²) < 4.78 is 0.883. The molecule has 1 amide bonds. The Labute approximate surface area is 124 Å². The number of nitrogens with zero attached hydrogens (tertiary/aromatic N) is 2. The van der Waals surface area contributed by atoms with Gasteiger partial charge in [0, 0.05) is 12.4 Å². The summed E-state index contributed by atoms with van der Waals surface area (Å²) in [5, 5.41) is 3.95. The highest BCUT2D eigenvalue weighted by molar-refractivity contribution is 7.23. The van der Waals surface area contributed by atoms with Gasteiger partial charge in [0.2, 0.25) is 0 Å². The summed E-state index contributed by atoms with van der Waals surface area (Å²) in [6.07, 6.45) is 3.14. The van der Waals surface area contributed by atoms with Crippen LogP contribution in [0.1, 0.15) is 15.9 Å². The molecule has 1 N–H and O–H groups in total. The molecule has 2 aromatic heterocycles. The second-order valence-electron chi connectivity index (χ2n) is 4.26. The van der Waals surface area contributed by atoms with E-state index < -0.39 is 0 Å². The van der Waals surface area contributed by atoms with Crippen LogP contribution in [-0.4, -0.2) is 15.9 Å². The highest BCUT2D eigenvalue weighted by atomic mass is 35.5. The van der Waals surface area contributed by atoms with Crippen molar-refractivity contribution in [2.24, 2.45) is 0 Å². The molecule has 1 aromatic carbocycles. The fourth-order valence-corrected chi connectivity index (χ4v) is 3.03.